The van der Waals surface area contributed by atoms with Gasteiger partial charge in [0.15, 0.2) is 0 Å². The van der Waals surface area contributed by atoms with Gasteiger partial charge < -0.3 is 10.0 Å². The number of likely N-dealkylation sites (tertiary alicyclic amines) is 1. The van der Waals surface area contributed by atoms with Crippen LogP contribution in [0.2, 0.25) is 0 Å². The monoisotopic (exact) mass is 239 g/mol. The van der Waals surface area contributed by atoms with E-state index in [-0.39, 0.29) is 5.41 Å². The predicted octanol–water partition coefficient (Wildman–Crippen LogP) is 2.33. The highest BCUT2D eigenvalue weighted by atomic mass is 16.3. The average Bonchev–Trinajstić information content (AvgIpc) is 2.62. The standard InChI is InChI=1S/C14H25NO2/c1-13(6-3-4-7-13)12(16)15-10-5-8-14(2,17)9-11-15/h17H,3-11H2,1-2H3. The van der Waals surface area contributed by atoms with E-state index in [0.29, 0.717) is 5.91 Å². The summed E-state index contributed by atoms with van der Waals surface area (Å²) in [6.45, 7) is 5.55. The van der Waals surface area contributed by atoms with E-state index in [1.807, 2.05) is 11.8 Å². The average molecular weight is 239 g/mol. The van der Waals surface area contributed by atoms with Crippen LogP contribution in [0.15, 0.2) is 0 Å². The fourth-order valence-electron chi connectivity index (χ4n) is 3.22. The van der Waals surface area contributed by atoms with Gasteiger partial charge in [0.25, 0.3) is 0 Å². The Kier molecular flexibility index (Phi) is 3.48. The van der Waals surface area contributed by atoms with Crippen LogP contribution in [0.25, 0.3) is 0 Å². The Balaban J connectivity index is 2.00. The molecule has 0 bridgehead atoms. The van der Waals surface area contributed by atoms with Crippen molar-refractivity contribution in [2.24, 2.45) is 5.41 Å². The second kappa shape index (κ2) is 4.60. The first kappa shape index (κ1) is 12.9. The van der Waals surface area contributed by atoms with E-state index in [2.05, 4.69) is 6.92 Å². The molecule has 0 aromatic carbocycles. The normalized spacial score (nSPS) is 33.5. The molecule has 2 rings (SSSR count). The fourth-order valence-corrected chi connectivity index (χ4v) is 3.22. The number of hydrogen-bond donors (Lipinski definition) is 1. The molecule has 2 fully saturated rings. The molecule has 1 saturated carbocycles. The van der Waals surface area contributed by atoms with Crippen LogP contribution in [0.3, 0.4) is 0 Å². The zero-order chi connectivity index (χ0) is 12.5. The van der Waals surface area contributed by atoms with Crippen LogP contribution in [0.1, 0.15) is 58.8 Å². The van der Waals surface area contributed by atoms with Crippen molar-refractivity contribution in [1.29, 1.82) is 0 Å². The Hall–Kier alpha value is -0.570. The van der Waals surface area contributed by atoms with Gasteiger partial charge in [0, 0.05) is 18.5 Å². The number of aliphatic hydroxyl groups is 1. The van der Waals surface area contributed by atoms with Crippen molar-refractivity contribution in [3.63, 3.8) is 0 Å². The summed E-state index contributed by atoms with van der Waals surface area (Å²) in [7, 11) is 0. The van der Waals surface area contributed by atoms with Crippen LogP contribution in [-0.4, -0.2) is 34.6 Å². The molecule has 3 heteroatoms. The minimum Gasteiger partial charge on any atom is -0.390 e. The number of carbonyl (C=O) groups excluding carboxylic acids is 1. The third-order valence-corrected chi connectivity index (χ3v) is 4.57. The van der Waals surface area contributed by atoms with Gasteiger partial charge in [0.1, 0.15) is 0 Å². The summed E-state index contributed by atoms with van der Waals surface area (Å²) in [5.74, 6) is 0.327. The quantitative estimate of drug-likeness (QED) is 0.763. The summed E-state index contributed by atoms with van der Waals surface area (Å²) >= 11 is 0. The van der Waals surface area contributed by atoms with E-state index in [1.165, 1.54) is 12.8 Å². The summed E-state index contributed by atoms with van der Waals surface area (Å²) < 4.78 is 0. The maximum Gasteiger partial charge on any atom is 0.228 e. The Morgan fingerprint density at radius 2 is 1.65 bits per heavy atom. The number of amides is 1. The third kappa shape index (κ3) is 2.82. The lowest BCUT2D eigenvalue weighted by molar-refractivity contribution is -0.141. The number of carbonyl (C=O) groups is 1. The van der Waals surface area contributed by atoms with Gasteiger partial charge in [-0.1, -0.05) is 19.8 Å². The van der Waals surface area contributed by atoms with E-state index >= 15 is 0 Å². The van der Waals surface area contributed by atoms with Crippen molar-refractivity contribution in [1.82, 2.24) is 4.90 Å². The molecule has 1 amide bonds. The number of hydrogen-bond acceptors (Lipinski definition) is 2. The van der Waals surface area contributed by atoms with Gasteiger partial charge in [-0.25, -0.2) is 0 Å². The lowest BCUT2D eigenvalue weighted by Crippen LogP contribution is -2.42. The van der Waals surface area contributed by atoms with E-state index in [1.54, 1.807) is 0 Å². The Bertz CT molecular complexity index is 293. The lowest BCUT2D eigenvalue weighted by Gasteiger charge is -2.31. The highest BCUT2D eigenvalue weighted by Gasteiger charge is 2.40. The Morgan fingerprint density at radius 1 is 1.00 bits per heavy atom. The van der Waals surface area contributed by atoms with E-state index in [4.69, 9.17) is 0 Å². The Morgan fingerprint density at radius 3 is 2.29 bits per heavy atom. The van der Waals surface area contributed by atoms with Crippen molar-refractivity contribution < 1.29 is 9.90 Å². The van der Waals surface area contributed by atoms with Gasteiger partial charge in [-0.15, -0.1) is 0 Å². The first-order valence-electron chi connectivity index (χ1n) is 6.95. The van der Waals surface area contributed by atoms with Gasteiger partial charge in [-0.05, 0) is 39.0 Å². The smallest absolute Gasteiger partial charge is 0.228 e. The molecule has 17 heavy (non-hydrogen) atoms. The third-order valence-electron chi connectivity index (χ3n) is 4.57. The number of rotatable bonds is 1. The number of nitrogens with zero attached hydrogens (tertiary/aromatic N) is 1. The van der Waals surface area contributed by atoms with Crippen LogP contribution >= 0.6 is 0 Å². The molecule has 0 aromatic heterocycles. The van der Waals surface area contributed by atoms with Crippen molar-refractivity contribution in [3.8, 4) is 0 Å². The van der Waals surface area contributed by atoms with Gasteiger partial charge in [-0.2, -0.15) is 0 Å². The van der Waals surface area contributed by atoms with Crippen LogP contribution in [-0.2, 0) is 4.79 Å². The maximum absolute atomic E-state index is 12.5. The first-order valence-corrected chi connectivity index (χ1v) is 6.95. The summed E-state index contributed by atoms with van der Waals surface area (Å²) in [4.78, 5) is 14.5. The van der Waals surface area contributed by atoms with E-state index < -0.39 is 5.60 Å². The molecule has 1 heterocycles. The molecular formula is C14H25NO2. The molecule has 98 valence electrons. The Labute approximate surface area is 104 Å². The largest absolute Gasteiger partial charge is 0.390 e. The van der Waals surface area contributed by atoms with Crippen molar-refractivity contribution in [3.05, 3.63) is 0 Å². The van der Waals surface area contributed by atoms with Crippen molar-refractivity contribution in [2.45, 2.75) is 64.4 Å². The van der Waals surface area contributed by atoms with Crippen LogP contribution in [0.4, 0.5) is 0 Å². The topological polar surface area (TPSA) is 40.5 Å². The van der Waals surface area contributed by atoms with Crippen LogP contribution in [0.5, 0.6) is 0 Å². The highest BCUT2D eigenvalue weighted by molar-refractivity contribution is 5.82. The highest BCUT2D eigenvalue weighted by Crippen LogP contribution is 2.39. The molecule has 0 radical (unpaired) electrons. The van der Waals surface area contributed by atoms with Crippen LogP contribution < -0.4 is 0 Å². The van der Waals surface area contributed by atoms with E-state index in [0.717, 1.165) is 45.2 Å². The van der Waals surface area contributed by atoms with E-state index in [9.17, 15) is 9.90 Å². The first-order chi connectivity index (χ1) is 7.93. The minimum atomic E-state index is -0.578. The minimum absolute atomic E-state index is 0.115. The van der Waals surface area contributed by atoms with Gasteiger partial charge in [0.2, 0.25) is 5.91 Å². The zero-order valence-electron chi connectivity index (χ0n) is 11.2. The molecular weight excluding hydrogens is 214 g/mol. The fraction of sp³-hybridized carbons (Fsp3) is 0.929. The van der Waals surface area contributed by atoms with Gasteiger partial charge >= 0.3 is 0 Å². The second-order valence-electron chi connectivity index (χ2n) is 6.41. The molecule has 1 N–H and O–H groups in total. The molecule has 1 unspecified atom stereocenters. The predicted molar refractivity (Wildman–Crippen MR) is 67.6 cm³/mol. The maximum atomic E-state index is 12.5. The summed E-state index contributed by atoms with van der Waals surface area (Å²) in [6, 6.07) is 0. The SMILES string of the molecule is CC1(O)CCCN(C(=O)C2(C)CCCC2)CC1. The molecule has 1 aliphatic carbocycles. The summed E-state index contributed by atoms with van der Waals surface area (Å²) in [6.07, 6.45) is 6.91. The molecule has 3 nitrogen and oxygen atoms in total. The molecule has 2 aliphatic rings. The van der Waals surface area contributed by atoms with Crippen molar-refractivity contribution in [2.75, 3.05) is 13.1 Å². The molecule has 1 atom stereocenters. The molecule has 0 aromatic rings. The molecule has 1 aliphatic heterocycles. The lowest BCUT2D eigenvalue weighted by atomic mass is 9.87. The zero-order valence-corrected chi connectivity index (χ0v) is 11.2. The van der Waals surface area contributed by atoms with Crippen LogP contribution in [0, 0.1) is 5.41 Å². The van der Waals surface area contributed by atoms with Gasteiger partial charge in [-0.3, -0.25) is 4.79 Å². The second-order valence-corrected chi connectivity index (χ2v) is 6.41. The summed E-state index contributed by atoms with van der Waals surface area (Å²) in [5, 5.41) is 10.0. The molecule has 0 spiro atoms. The van der Waals surface area contributed by atoms with Crippen molar-refractivity contribution >= 4 is 5.91 Å². The summed E-state index contributed by atoms with van der Waals surface area (Å²) in [5.41, 5.74) is -0.693. The van der Waals surface area contributed by atoms with Gasteiger partial charge in [0.05, 0.1) is 5.60 Å². The molecule has 1 saturated heterocycles.